The fraction of sp³-hybridized carbons (Fsp3) is 0.429. The molecule has 2 heterocycles. The van der Waals surface area contributed by atoms with Gasteiger partial charge in [-0.25, -0.2) is 9.36 Å². The number of fused-ring (bicyclic) bond motifs is 1. The zero-order chi connectivity index (χ0) is 10.1. The summed E-state index contributed by atoms with van der Waals surface area (Å²) in [5.41, 5.74) is 0.336. The van der Waals surface area contributed by atoms with E-state index in [4.69, 9.17) is 0 Å². The molecule has 0 amide bonds. The summed E-state index contributed by atoms with van der Waals surface area (Å²) in [4.78, 5) is 11.7. The fourth-order valence-corrected chi connectivity index (χ4v) is 1.41. The van der Waals surface area contributed by atoms with Gasteiger partial charge < -0.3 is 0 Å². The second-order valence-corrected chi connectivity index (χ2v) is 3.29. The van der Waals surface area contributed by atoms with Crippen molar-refractivity contribution in [2.24, 2.45) is 7.05 Å². The molecule has 0 aliphatic rings. The molecule has 0 fully saturated rings. The molecule has 0 aromatic carbocycles. The summed E-state index contributed by atoms with van der Waals surface area (Å²) in [7, 11) is 1.72. The Morgan fingerprint density at radius 1 is 1.57 bits per heavy atom. The van der Waals surface area contributed by atoms with Crippen molar-refractivity contribution in [3.05, 3.63) is 16.6 Å². The van der Waals surface area contributed by atoms with Crippen molar-refractivity contribution in [2.45, 2.75) is 6.54 Å². The van der Waals surface area contributed by atoms with E-state index >= 15 is 0 Å². The van der Waals surface area contributed by atoms with E-state index < -0.39 is 0 Å². The molecule has 0 N–H and O–H groups in total. The van der Waals surface area contributed by atoms with Crippen LogP contribution in [-0.2, 0) is 13.6 Å². The van der Waals surface area contributed by atoms with Gasteiger partial charge in [0.15, 0.2) is 5.65 Å². The summed E-state index contributed by atoms with van der Waals surface area (Å²) in [6.07, 6.45) is 1.50. The summed E-state index contributed by atoms with van der Waals surface area (Å²) in [6.45, 7) is 0.458. The fourth-order valence-electron chi connectivity index (χ4n) is 1.22. The molecular weight excluding hydrogens is 202 g/mol. The molecule has 0 aliphatic heterocycles. The Hall–Kier alpha value is -1.37. The Balaban J connectivity index is 2.70. The summed E-state index contributed by atoms with van der Waals surface area (Å²) in [6, 6.07) is 0. The van der Waals surface area contributed by atoms with Crippen LogP contribution in [0.25, 0.3) is 11.0 Å². The highest BCUT2D eigenvalue weighted by atomic mass is 32.1. The SMILES string of the molecule is Cn1ncc2c(=O)n(CCS)nnc21. The third-order valence-electron chi connectivity index (χ3n) is 1.93. The van der Waals surface area contributed by atoms with Crippen LogP contribution < -0.4 is 5.56 Å². The van der Waals surface area contributed by atoms with E-state index in [0.717, 1.165) is 0 Å². The molecule has 6 nitrogen and oxygen atoms in total. The quantitative estimate of drug-likeness (QED) is 0.677. The van der Waals surface area contributed by atoms with Crippen molar-refractivity contribution in [1.29, 1.82) is 0 Å². The van der Waals surface area contributed by atoms with Gasteiger partial charge in [-0.1, -0.05) is 5.21 Å². The van der Waals surface area contributed by atoms with Crippen molar-refractivity contribution in [3.63, 3.8) is 0 Å². The minimum atomic E-state index is -0.169. The lowest BCUT2D eigenvalue weighted by Crippen LogP contribution is -2.24. The Kier molecular flexibility index (Phi) is 2.24. The van der Waals surface area contributed by atoms with Crippen LogP contribution >= 0.6 is 12.6 Å². The number of hydrogen-bond acceptors (Lipinski definition) is 5. The minimum absolute atomic E-state index is 0.169. The van der Waals surface area contributed by atoms with Crippen LogP contribution in [0.4, 0.5) is 0 Å². The molecule has 0 aliphatic carbocycles. The predicted molar refractivity (Wildman–Crippen MR) is 54.4 cm³/mol. The Morgan fingerprint density at radius 2 is 2.36 bits per heavy atom. The van der Waals surface area contributed by atoms with Gasteiger partial charge in [0.1, 0.15) is 5.39 Å². The topological polar surface area (TPSA) is 65.6 Å². The molecule has 7 heteroatoms. The maximum absolute atomic E-state index is 11.7. The zero-order valence-electron chi connectivity index (χ0n) is 7.58. The van der Waals surface area contributed by atoms with Gasteiger partial charge in [0.05, 0.1) is 12.7 Å². The molecule has 2 aromatic rings. The van der Waals surface area contributed by atoms with Gasteiger partial charge in [0, 0.05) is 12.8 Å². The lowest BCUT2D eigenvalue weighted by atomic mass is 10.4. The standard InChI is InChI=1S/C7H9N5OS/c1-11-6-5(4-8-11)7(13)12(2-3-14)10-9-6/h4,14H,2-3H2,1H3. The summed E-state index contributed by atoms with van der Waals surface area (Å²) >= 11 is 4.03. The number of nitrogens with zero attached hydrogens (tertiary/aromatic N) is 5. The first-order valence-electron chi connectivity index (χ1n) is 4.10. The maximum atomic E-state index is 11.7. The average molecular weight is 211 g/mol. The van der Waals surface area contributed by atoms with E-state index in [2.05, 4.69) is 28.0 Å². The Bertz CT molecular complexity index is 516. The van der Waals surface area contributed by atoms with E-state index in [-0.39, 0.29) is 5.56 Å². The van der Waals surface area contributed by atoms with E-state index in [1.807, 2.05) is 0 Å². The second-order valence-electron chi connectivity index (χ2n) is 2.85. The minimum Gasteiger partial charge on any atom is -0.267 e. The van der Waals surface area contributed by atoms with E-state index in [1.165, 1.54) is 15.6 Å². The van der Waals surface area contributed by atoms with E-state index in [0.29, 0.717) is 23.3 Å². The average Bonchev–Trinajstić information content (AvgIpc) is 2.54. The molecule has 2 rings (SSSR count). The number of thiol groups is 1. The van der Waals surface area contributed by atoms with Gasteiger partial charge in [-0.2, -0.15) is 17.7 Å². The highest BCUT2D eigenvalue weighted by Crippen LogP contribution is 2.01. The van der Waals surface area contributed by atoms with Crippen LogP contribution in [0.2, 0.25) is 0 Å². The van der Waals surface area contributed by atoms with Crippen LogP contribution in [-0.4, -0.2) is 30.5 Å². The zero-order valence-corrected chi connectivity index (χ0v) is 8.48. The van der Waals surface area contributed by atoms with Gasteiger partial charge >= 0.3 is 0 Å². The summed E-state index contributed by atoms with van der Waals surface area (Å²) < 4.78 is 2.81. The van der Waals surface area contributed by atoms with Crippen LogP contribution in [0.3, 0.4) is 0 Å². The number of aromatic nitrogens is 5. The van der Waals surface area contributed by atoms with Crippen molar-refractivity contribution in [2.75, 3.05) is 5.75 Å². The highest BCUT2D eigenvalue weighted by Gasteiger charge is 2.08. The lowest BCUT2D eigenvalue weighted by molar-refractivity contribution is 0.581. The van der Waals surface area contributed by atoms with Crippen molar-refractivity contribution < 1.29 is 0 Å². The highest BCUT2D eigenvalue weighted by molar-refractivity contribution is 7.80. The molecule has 0 saturated heterocycles. The van der Waals surface area contributed by atoms with E-state index in [9.17, 15) is 4.79 Å². The monoisotopic (exact) mass is 211 g/mol. The van der Waals surface area contributed by atoms with Crippen molar-refractivity contribution in [3.8, 4) is 0 Å². The smallest absolute Gasteiger partial charge is 0.267 e. The largest absolute Gasteiger partial charge is 0.280 e. The molecule has 0 spiro atoms. The first-order chi connectivity index (χ1) is 6.74. The summed E-state index contributed by atoms with van der Waals surface area (Å²) in [5.74, 6) is 0.556. The third-order valence-corrected chi connectivity index (χ3v) is 2.13. The first-order valence-corrected chi connectivity index (χ1v) is 4.73. The van der Waals surface area contributed by atoms with Crippen molar-refractivity contribution in [1.82, 2.24) is 24.8 Å². The van der Waals surface area contributed by atoms with Gasteiger partial charge in [-0.15, -0.1) is 5.10 Å². The van der Waals surface area contributed by atoms with Gasteiger partial charge in [0.25, 0.3) is 5.56 Å². The molecule has 0 atom stereocenters. The van der Waals surface area contributed by atoms with Crippen LogP contribution in [0, 0.1) is 0 Å². The third kappa shape index (κ3) is 1.29. The second kappa shape index (κ2) is 3.41. The normalized spacial score (nSPS) is 11.0. The van der Waals surface area contributed by atoms with Gasteiger partial charge in [-0.05, 0) is 0 Å². The maximum Gasteiger partial charge on any atom is 0.280 e. The predicted octanol–water partition coefficient (Wildman–Crippen LogP) is -0.545. The molecule has 0 saturated carbocycles. The Morgan fingerprint density at radius 3 is 3.07 bits per heavy atom. The summed E-state index contributed by atoms with van der Waals surface area (Å²) in [5, 5.41) is 12.1. The molecule has 0 unspecified atom stereocenters. The number of aryl methyl sites for hydroxylation is 2. The van der Waals surface area contributed by atoms with Gasteiger partial charge in [-0.3, -0.25) is 4.79 Å². The van der Waals surface area contributed by atoms with Crippen molar-refractivity contribution >= 4 is 23.7 Å². The molecular formula is C7H9N5OS. The Labute approximate surface area is 84.9 Å². The molecule has 0 bridgehead atoms. The first kappa shape index (κ1) is 9.20. The van der Waals surface area contributed by atoms with Crippen LogP contribution in [0.15, 0.2) is 11.0 Å². The molecule has 14 heavy (non-hydrogen) atoms. The molecule has 2 aromatic heterocycles. The molecule has 0 radical (unpaired) electrons. The number of hydrogen-bond donors (Lipinski definition) is 1. The van der Waals surface area contributed by atoms with E-state index in [1.54, 1.807) is 7.05 Å². The van der Waals surface area contributed by atoms with Crippen LogP contribution in [0.5, 0.6) is 0 Å². The lowest BCUT2D eigenvalue weighted by Gasteiger charge is -1.99. The molecule has 74 valence electrons. The van der Waals surface area contributed by atoms with Gasteiger partial charge in [0.2, 0.25) is 0 Å². The van der Waals surface area contributed by atoms with Crippen LogP contribution in [0.1, 0.15) is 0 Å². The number of rotatable bonds is 2.